The lowest BCUT2D eigenvalue weighted by atomic mass is 9.97. The Balaban J connectivity index is 1.21. The van der Waals surface area contributed by atoms with Crippen LogP contribution in [0.3, 0.4) is 0 Å². The summed E-state index contributed by atoms with van der Waals surface area (Å²) in [6.07, 6.45) is 3.07. The predicted molar refractivity (Wildman–Crippen MR) is 131 cm³/mol. The number of nitrogens with one attached hydrogen (secondary N) is 1. The fraction of sp³-hybridized carbons (Fsp3) is 0.259. The van der Waals surface area contributed by atoms with Crippen LogP contribution in [0.25, 0.3) is 22.4 Å². The summed E-state index contributed by atoms with van der Waals surface area (Å²) in [6, 6.07) is 22.9. The number of carbonyl (C=O) groups is 1. The summed E-state index contributed by atoms with van der Waals surface area (Å²) in [4.78, 5) is 21.5. The number of hydrogen-bond acceptors (Lipinski definition) is 3. The Bertz CT molecular complexity index is 1290. The minimum atomic E-state index is 0.0895. The van der Waals surface area contributed by atoms with Crippen LogP contribution in [0.1, 0.15) is 34.3 Å². The summed E-state index contributed by atoms with van der Waals surface area (Å²) in [7, 11) is 0. The quantitative estimate of drug-likeness (QED) is 0.432. The standard InChI is InChI=1S/C27H25ClN4O/c1-17-13-24-25(16-23(17)28)30-26(29-24)19-7-9-20(10-8-19)27(33)32-21-11-12-31(32)22(15-21)14-18-5-3-2-4-6-18/h2-10,13,16,21-22H,11-12,14-15H2,1H3,(H,29,30). The van der Waals surface area contributed by atoms with Crippen LogP contribution in [0.5, 0.6) is 0 Å². The molecular weight excluding hydrogens is 432 g/mol. The van der Waals surface area contributed by atoms with Crippen molar-refractivity contribution in [1.82, 2.24) is 20.0 Å². The van der Waals surface area contributed by atoms with Gasteiger partial charge in [-0.25, -0.2) is 9.99 Å². The molecule has 6 heteroatoms. The molecule has 0 spiro atoms. The van der Waals surface area contributed by atoms with Crippen LogP contribution < -0.4 is 0 Å². The lowest BCUT2D eigenvalue weighted by Crippen LogP contribution is -2.42. The van der Waals surface area contributed by atoms with Crippen LogP contribution in [0.2, 0.25) is 5.02 Å². The Labute approximate surface area is 198 Å². The number of imidazole rings is 1. The van der Waals surface area contributed by atoms with E-state index in [-0.39, 0.29) is 5.91 Å². The zero-order valence-electron chi connectivity index (χ0n) is 18.5. The van der Waals surface area contributed by atoms with Gasteiger partial charge in [-0.2, -0.15) is 0 Å². The molecule has 0 aliphatic carbocycles. The molecule has 33 heavy (non-hydrogen) atoms. The molecule has 0 radical (unpaired) electrons. The monoisotopic (exact) mass is 456 g/mol. The first kappa shape index (κ1) is 20.5. The Hall–Kier alpha value is -3.15. The van der Waals surface area contributed by atoms with Crippen LogP contribution >= 0.6 is 11.6 Å². The van der Waals surface area contributed by atoms with E-state index >= 15 is 0 Å². The molecule has 4 aromatic rings. The molecule has 1 N–H and O–H groups in total. The van der Waals surface area contributed by atoms with Gasteiger partial charge < -0.3 is 4.98 Å². The van der Waals surface area contributed by atoms with E-state index in [9.17, 15) is 4.79 Å². The van der Waals surface area contributed by atoms with E-state index in [1.54, 1.807) is 0 Å². The number of aryl methyl sites for hydroxylation is 1. The first-order chi connectivity index (χ1) is 16.1. The third-order valence-corrected chi connectivity index (χ3v) is 7.38. The van der Waals surface area contributed by atoms with Gasteiger partial charge in [-0.3, -0.25) is 9.80 Å². The predicted octanol–water partition coefficient (Wildman–Crippen LogP) is 5.64. The van der Waals surface area contributed by atoms with Gasteiger partial charge in [0.25, 0.3) is 5.91 Å². The summed E-state index contributed by atoms with van der Waals surface area (Å²) < 4.78 is 0. The van der Waals surface area contributed by atoms with Crippen LogP contribution in [0.15, 0.2) is 66.7 Å². The third-order valence-electron chi connectivity index (χ3n) is 6.97. The lowest BCUT2D eigenvalue weighted by Gasteiger charge is -2.28. The average Bonchev–Trinajstić information content (AvgIpc) is 3.52. The number of aromatic amines is 1. The summed E-state index contributed by atoms with van der Waals surface area (Å²) >= 11 is 6.24. The second-order valence-corrected chi connectivity index (χ2v) is 9.52. The van der Waals surface area contributed by atoms with Crippen LogP contribution in [0, 0.1) is 6.92 Å². The highest BCUT2D eigenvalue weighted by Gasteiger charge is 2.46. The van der Waals surface area contributed by atoms with E-state index in [1.165, 1.54) is 5.56 Å². The van der Waals surface area contributed by atoms with Crippen molar-refractivity contribution in [2.75, 3.05) is 6.54 Å². The summed E-state index contributed by atoms with van der Waals surface area (Å²) in [6.45, 7) is 2.93. The molecule has 3 unspecified atom stereocenters. The number of hydrogen-bond donors (Lipinski definition) is 1. The molecule has 3 heterocycles. The molecule has 2 aliphatic heterocycles. The molecule has 2 saturated heterocycles. The number of H-pyrrole nitrogens is 1. The van der Waals surface area contributed by atoms with Crippen molar-refractivity contribution in [2.24, 2.45) is 0 Å². The van der Waals surface area contributed by atoms with E-state index in [0.717, 1.165) is 53.8 Å². The first-order valence-electron chi connectivity index (χ1n) is 11.5. The molecule has 1 aromatic heterocycles. The Morgan fingerprint density at radius 3 is 2.70 bits per heavy atom. The minimum absolute atomic E-state index is 0.0895. The molecular formula is C27H25ClN4O. The van der Waals surface area contributed by atoms with Crippen LogP contribution in [0.4, 0.5) is 0 Å². The fourth-order valence-electron chi connectivity index (χ4n) is 5.27. The highest BCUT2D eigenvalue weighted by Crippen LogP contribution is 2.36. The Kier molecular flexibility index (Phi) is 4.97. The number of aromatic nitrogens is 2. The van der Waals surface area contributed by atoms with Gasteiger partial charge in [0.15, 0.2) is 0 Å². The van der Waals surface area contributed by atoms with Crippen molar-refractivity contribution in [2.45, 2.75) is 38.3 Å². The smallest absolute Gasteiger partial charge is 0.268 e. The van der Waals surface area contributed by atoms with E-state index < -0.39 is 0 Å². The molecule has 2 bridgehead atoms. The van der Waals surface area contributed by atoms with Gasteiger partial charge in [0.1, 0.15) is 5.82 Å². The SMILES string of the molecule is Cc1cc2[nH]c(-c3ccc(C(=O)N4C5CCN4C(Cc4ccccc4)C5)cc3)nc2cc1Cl. The molecule has 5 nitrogen and oxygen atoms in total. The van der Waals surface area contributed by atoms with Crippen molar-refractivity contribution in [3.8, 4) is 11.4 Å². The highest BCUT2D eigenvalue weighted by molar-refractivity contribution is 6.32. The maximum absolute atomic E-state index is 13.4. The molecule has 6 rings (SSSR count). The summed E-state index contributed by atoms with van der Waals surface area (Å²) in [5, 5.41) is 5.01. The molecule has 3 atom stereocenters. The molecule has 1 amide bonds. The number of amides is 1. The number of hydrazine groups is 1. The molecule has 2 aliphatic rings. The maximum Gasteiger partial charge on any atom is 0.268 e. The van der Waals surface area contributed by atoms with E-state index in [0.29, 0.717) is 22.7 Å². The van der Waals surface area contributed by atoms with Gasteiger partial charge in [-0.05, 0) is 61.6 Å². The van der Waals surface area contributed by atoms with E-state index in [4.69, 9.17) is 11.6 Å². The number of halogens is 1. The zero-order valence-corrected chi connectivity index (χ0v) is 19.2. The largest absolute Gasteiger partial charge is 0.338 e. The summed E-state index contributed by atoms with van der Waals surface area (Å²) in [5.74, 6) is 0.866. The molecule has 166 valence electrons. The zero-order chi connectivity index (χ0) is 22.5. The minimum Gasteiger partial charge on any atom is -0.338 e. The van der Waals surface area contributed by atoms with Crippen molar-refractivity contribution in [1.29, 1.82) is 0 Å². The number of carbonyl (C=O) groups excluding carboxylic acids is 1. The van der Waals surface area contributed by atoms with Crippen LogP contribution in [-0.4, -0.2) is 44.5 Å². The summed E-state index contributed by atoms with van der Waals surface area (Å²) in [5.41, 5.74) is 5.80. The van der Waals surface area contributed by atoms with Gasteiger partial charge in [0.2, 0.25) is 0 Å². The van der Waals surface area contributed by atoms with Crippen LogP contribution in [-0.2, 0) is 6.42 Å². The second-order valence-electron chi connectivity index (χ2n) is 9.12. The first-order valence-corrected chi connectivity index (χ1v) is 11.8. The van der Waals surface area contributed by atoms with Gasteiger partial charge in [0.05, 0.1) is 17.1 Å². The normalized spacial score (nSPS) is 21.8. The topological polar surface area (TPSA) is 52.2 Å². The number of rotatable bonds is 4. The Morgan fingerprint density at radius 1 is 1.12 bits per heavy atom. The third kappa shape index (κ3) is 3.62. The van der Waals surface area contributed by atoms with Crippen molar-refractivity contribution in [3.05, 3.63) is 88.4 Å². The highest BCUT2D eigenvalue weighted by atomic mass is 35.5. The van der Waals surface area contributed by atoms with Gasteiger partial charge in [-0.1, -0.05) is 54.1 Å². The molecule has 0 saturated carbocycles. The number of nitrogens with zero attached hydrogens (tertiary/aromatic N) is 3. The van der Waals surface area contributed by atoms with Crippen molar-refractivity contribution >= 4 is 28.5 Å². The second kappa shape index (κ2) is 8.01. The van der Waals surface area contributed by atoms with E-state index in [1.807, 2.05) is 54.4 Å². The Morgan fingerprint density at radius 2 is 1.91 bits per heavy atom. The lowest BCUT2D eigenvalue weighted by molar-refractivity contribution is 0.0198. The molecule has 2 fully saturated rings. The van der Waals surface area contributed by atoms with Gasteiger partial charge in [-0.15, -0.1) is 0 Å². The van der Waals surface area contributed by atoms with Crippen molar-refractivity contribution in [3.63, 3.8) is 0 Å². The maximum atomic E-state index is 13.4. The van der Waals surface area contributed by atoms with E-state index in [2.05, 4.69) is 39.2 Å². The van der Waals surface area contributed by atoms with Gasteiger partial charge >= 0.3 is 0 Å². The number of benzene rings is 3. The molecule has 3 aromatic carbocycles. The fourth-order valence-corrected chi connectivity index (χ4v) is 5.43. The number of fused-ring (bicyclic) bond motifs is 3. The number of piperidine rings is 1. The van der Waals surface area contributed by atoms with Gasteiger partial charge in [0, 0.05) is 28.7 Å². The average molecular weight is 457 g/mol. The van der Waals surface area contributed by atoms with Crippen molar-refractivity contribution < 1.29 is 4.79 Å².